The number of hydrogen-bond acceptors (Lipinski definition) is 3. The molecule has 1 atom stereocenters. The van der Waals surface area contributed by atoms with Gasteiger partial charge < -0.3 is 20.9 Å². The summed E-state index contributed by atoms with van der Waals surface area (Å²) < 4.78 is 0. The quantitative estimate of drug-likeness (QED) is 0.716. The summed E-state index contributed by atoms with van der Waals surface area (Å²) in [6, 6.07) is 8.20. The molecule has 2 aliphatic rings. The summed E-state index contributed by atoms with van der Waals surface area (Å²) in [6.07, 6.45) is 3.72. The summed E-state index contributed by atoms with van der Waals surface area (Å²) in [6.45, 7) is 4.21. The van der Waals surface area contributed by atoms with Crippen molar-refractivity contribution in [3.05, 3.63) is 29.8 Å². The molecule has 0 bridgehead atoms. The first-order chi connectivity index (χ1) is 11.7. The zero-order valence-corrected chi connectivity index (χ0v) is 14.2. The molecule has 1 heterocycles. The summed E-state index contributed by atoms with van der Waals surface area (Å²) in [5, 5.41) is 9.09. The number of rotatable bonds is 7. The first-order valence-electron chi connectivity index (χ1n) is 8.82. The van der Waals surface area contributed by atoms with Crippen LogP contribution in [0, 0.1) is 0 Å². The van der Waals surface area contributed by atoms with E-state index < -0.39 is 0 Å². The van der Waals surface area contributed by atoms with Crippen molar-refractivity contribution < 1.29 is 9.59 Å². The lowest BCUT2D eigenvalue weighted by Crippen LogP contribution is -2.43. The summed E-state index contributed by atoms with van der Waals surface area (Å²) in [5.74, 6) is 0.165. The van der Waals surface area contributed by atoms with Gasteiger partial charge in [0.2, 0.25) is 5.91 Å². The van der Waals surface area contributed by atoms with Crippen LogP contribution in [0.15, 0.2) is 24.3 Å². The number of carbonyl (C=O) groups excluding carboxylic acids is 2. The molecule has 1 unspecified atom stereocenters. The van der Waals surface area contributed by atoms with Crippen molar-refractivity contribution in [1.29, 1.82) is 0 Å². The van der Waals surface area contributed by atoms with Gasteiger partial charge in [-0.15, -0.1) is 0 Å². The number of carbonyl (C=O) groups is 2. The molecule has 6 nitrogen and oxygen atoms in total. The summed E-state index contributed by atoms with van der Waals surface area (Å²) >= 11 is 0. The van der Waals surface area contributed by atoms with Gasteiger partial charge in [0.25, 0.3) is 0 Å². The lowest BCUT2D eigenvalue weighted by atomic mass is 10.2. The van der Waals surface area contributed by atoms with Crippen molar-refractivity contribution in [2.75, 3.05) is 18.4 Å². The number of hydrogen-bond donors (Lipinski definition) is 3. The maximum Gasteiger partial charge on any atom is 0.315 e. The number of anilines is 1. The van der Waals surface area contributed by atoms with Gasteiger partial charge in [-0.1, -0.05) is 19.1 Å². The molecular weight excluding hydrogens is 304 g/mol. The van der Waals surface area contributed by atoms with Gasteiger partial charge in [-0.25, -0.2) is 4.79 Å². The third-order valence-corrected chi connectivity index (χ3v) is 4.47. The second-order valence-electron chi connectivity index (χ2n) is 6.63. The van der Waals surface area contributed by atoms with Crippen molar-refractivity contribution >= 4 is 17.6 Å². The smallest absolute Gasteiger partial charge is 0.315 e. The molecule has 1 aliphatic heterocycles. The van der Waals surface area contributed by atoms with Crippen LogP contribution in [-0.4, -0.2) is 42.0 Å². The normalized spacial score (nSPS) is 20.1. The molecule has 24 heavy (non-hydrogen) atoms. The zero-order chi connectivity index (χ0) is 16.9. The molecule has 1 saturated carbocycles. The minimum Gasteiger partial charge on any atom is -0.385 e. The van der Waals surface area contributed by atoms with E-state index in [2.05, 4.69) is 22.9 Å². The lowest BCUT2D eigenvalue weighted by molar-refractivity contribution is -0.128. The van der Waals surface area contributed by atoms with Crippen molar-refractivity contribution in [3.8, 4) is 0 Å². The van der Waals surface area contributed by atoms with Gasteiger partial charge in [0, 0.05) is 37.8 Å². The van der Waals surface area contributed by atoms with Gasteiger partial charge >= 0.3 is 6.03 Å². The molecule has 3 rings (SSSR count). The number of urea groups is 1. The Morgan fingerprint density at radius 3 is 2.67 bits per heavy atom. The van der Waals surface area contributed by atoms with E-state index >= 15 is 0 Å². The Kier molecular flexibility index (Phi) is 5.23. The van der Waals surface area contributed by atoms with E-state index in [0.717, 1.165) is 37.1 Å². The highest BCUT2D eigenvalue weighted by atomic mass is 16.2. The monoisotopic (exact) mass is 330 g/mol. The van der Waals surface area contributed by atoms with E-state index in [-0.39, 0.29) is 18.0 Å². The summed E-state index contributed by atoms with van der Waals surface area (Å²) in [4.78, 5) is 25.8. The Balaban J connectivity index is 1.40. The molecule has 2 fully saturated rings. The Morgan fingerprint density at radius 1 is 1.25 bits per heavy atom. The SMILES string of the molecule is CCCNc1ccc(CNC(=O)NC2CC(=O)N(C3CC3)C2)cc1. The fourth-order valence-electron chi connectivity index (χ4n) is 3.00. The van der Waals surface area contributed by atoms with Gasteiger partial charge in [-0.05, 0) is 37.0 Å². The third kappa shape index (κ3) is 4.40. The Hall–Kier alpha value is -2.24. The minimum atomic E-state index is -0.210. The molecule has 0 aromatic heterocycles. The summed E-state index contributed by atoms with van der Waals surface area (Å²) in [5.41, 5.74) is 2.14. The van der Waals surface area contributed by atoms with Gasteiger partial charge in [-0.3, -0.25) is 4.79 Å². The maximum atomic E-state index is 12.0. The number of benzene rings is 1. The number of amides is 3. The molecular formula is C18H26N4O2. The maximum absolute atomic E-state index is 12.0. The first kappa shape index (κ1) is 16.6. The molecule has 3 N–H and O–H groups in total. The van der Waals surface area contributed by atoms with E-state index in [1.165, 1.54) is 0 Å². The molecule has 1 saturated heterocycles. The van der Waals surface area contributed by atoms with E-state index in [9.17, 15) is 9.59 Å². The molecule has 3 amide bonds. The van der Waals surface area contributed by atoms with Crippen LogP contribution in [0.2, 0.25) is 0 Å². The van der Waals surface area contributed by atoms with Crippen LogP contribution < -0.4 is 16.0 Å². The van der Waals surface area contributed by atoms with Crippen LogP contribution in [-0.2, 0) is 11.3 Å². The van der Waals surface area contributed by atoms with Gasteiger partial charge in [0.15, 0.2) is 0 Å². The average molecular weight is 330 g/mol. The van der Waals surface area contributed by atoms with Crippen LogP contribution in [0.25, 0.3) is 0 Å². The Morgan fingerprint density at radius 2 is 2.00 bits per heavy atom. The molecule has 1 aliphatic carbocycles. The van der Waals surface area contributed by atoms with E-state index in [1.54, 1.807) is 0 Å². The highest BCUT2D eigenvalue weighted by Crippen LogP contribution is 2.30. The van der Waals surface area contributed by atoms with Crippen LogP contribution in [0.1, 0.15) is 38.2 Å². The van der Waals surface area contributed by atoms with Crippen molar-refractivity contribution in [2.45, 2.75) is 51.2 Å². The van der Waals surface area contributed by atoms with Crippen molar-refractivity contribution in [1.82, 2.24) is 15.5 Å². The highest BCUT2D eigenvalue weighted by Gasteiger charge is 2.39. The molecule has 1 aromatic carbocycles. The van der Waals surface area contributed by atoms with Crippen LogP contribution in [0.5, 0.6) is 0 Å². The van der Waals surface area contributed by atoms with Crippen LogP contribution in [0.4, 0.5) is 10.5 Å². The highest BCUT2D eigenvalue weighted by molar-refractivity contribution is 5.82. The average Bonchev–Trinajstić information content (AvgIpc) is 3.36. The number of nitrogens with zero attached hydrogens (tertiary/aromatic N) is 1. The number of likely N-dealkylation sites (tertiary alicyclic amines) is 1. The molecule has 130 valence electrons. The second kappa shape index (κ2) is 7.55. The predicted octanol–water partition coefficient (Wildman–Crippen LogP) is 2.07. The largest absolute Gasteiger partial charge is 0.385 e. The predicted molar refractivity (Wildman–Crippen MR) is 93.7 cm³/mol. The second-order valence-corrected chi connectivity index (χ2v) is 6.63. The van der Waals surface area contributed by atoms with E-state index in [1.807, 2.05) is 29.2 Å². The Labute approximate surface area is 143 Å². The standard InChI is InChI=1S/C18H26N4O2/c1-2-9-19-14-5-3-13(4-6-14)11-20-18(24)21-15-10-17(23)22(12-15)16-7-8-16/h3-6,15-16,19H,2,7-12H2,1H3,(H2,20,21,24). The molecule has 1 aromatic rings. The van der Waals surface area contributed by atoms with Crippen LogP contribution in [0.3, 0.4) is 0 Å². The van der Waals surface area contributed by atoms with Crippen LogP contribution >= 0.6 is 0 Å². The molecule has 0 spiro atoms. The van der Waals surface area contributed by atoms with Crippen molar-refractivity contribution in [2.24, 2.45) is 0 Å². The Bertz CT molecular complexity index is 583. The number of nitrogens with one attached hydrogen (secondary N) is 3. The van der Waals surface area contributed by atoms with Gasteiger partial charge in [-0.2, -0.15) is 0 Å². The zero-order valence-electron chi connectivity index (χ0n) is 14.2. The van der Waals surface area contributed by atoms with Gasteiger partial charge in [0.1, 0.15) is 0 Å². The third-order valence-electron chi connectivity index (χ3n) is 4.47. The fourth-order valence-corrected chi connectivity index (χ4v) is 3.00. The van der Waals surface area contributed by atoms with E-state index in [4.69, 9.17) is 0 Å². The summed E-state index contributed by atoms with van der Waals surface area (Å²) in [7, 11) is 0. The molecule has 6 heteroatoms. The topological polar surface area (TPSA) is 73.5 Å². The molecule has 0 radical (unpaired) electrons. The lowest BCUT2D eigenvalue weighted by Gasteiger charge is -2.16. The minimum absolute atomic E-state index is 0.0706. The fraction of sp³-hybridized carbons (Fsp3) is 0.556. The first-order valence-corrected chi connectivity index (χ1v) is 8.82. The van der Waals surface area contributed by atoms with E-state index in [0.29, 0.717) is 25.6 Å². The van der Waals surface area contributed by atoms with Gasteiger partial charge in [0.05, 0.1) is 6.04 Å². The van der Waals surface area contributed by atoms with Crippen molar-refractivity contribution in [3.63, 3.8) is 0 Å².